The molecule has 1 amide bonds. The van der Waals surface area contributed by atoms with E-state index >= 15 is 0 Å². The van der Waals surface area contributed by atoms with Crippen molar-refractivity contribution in [2.45, 2.75) is 31.0 Å². The van der Waals surface area contributed by atoms with Gasteiger partial charge in [0.15, 0.2) is 0 Å². The van der Waals surface area contributed by atoms with E-state index in [9.17, 15) is 23.1 Å². The second-order valence-corrected chi connectivity index (χ2v) is 7.50. The summed E-state index contributed by atoms with van der Waals surface area (Å²) in [6, 6.07) is 4.72. The van der Waals surface area contributed by atoms with Crippen LogP contribution in [0.4, 0.5) is 19.1 Å². The van der Waals surface area contributed by atoms with Crippen LogP contribution in [0, 0.1) is 0 Å². The molecule has 3 N–H and O–H groups in total. The first-order valence-corrected chi connectivity index (χ1v) is 9.72. The lowest BCUT2D eigenvalue weighted by molar-refractivity contribution is -0.137. The van der Waals surface area contributed by atoms with Crippen molar-refractivity contribution < 1.29 is 32.7 Å². The van der Waals surface area contributed by atoms with Crippen LogP contribution < -0.4 is 5.32 Å². The van der Waals surface area contributed by atoms with Gasteiger partial charge in [-0.25, -0.2) is 0 Å². The Morgan fingerprint density at radius 1 is 1.33 bits per heavy atom. The summed E-state index contributed by atoms with van der Waals surface area (Å²) >= 11 is 5.71. The van der Waals surface area contributed by atoms with E-state index in [4.69, 9.17) is 21.2 Å². The number of aliphatic hydroxyl groups is 2. The number of carbonyl (C=O) groups excluding carboxylic acids is 1. The SMILES string of the molecule is O=C(c1ccc(C(F)(F)F)c(Cl)c1)N1CCC(c2cc(NCC(O)CO)on2)CC1. The first-order chi connectivity index (χ1) is 14.2. The molecule has 2 aromatic rings. The quantitative estimate of drug-likeness (QED) is 0.629. The molecule has 1 aromatic heterocycles. The average Bonchev–Trinajstić information content (AvgIpc) is 3.19. The topological polar surface area (TPSA) is 98.8 Å². The highest BCUT2D eigenvalue weighted by Crippen LogP contribution is 2.35. The lowest BCUT2D eigenvalue weighted by atomic mass is 9.93. The lowest BCUT2D eigenvalue weighted by Gasteiger charge is -2.31. The number of alkyl halides is 3. The van der Waals surface area contributed by atoms with Gasteiger partial charge < -0.3 is 25.0 Å². The predicted molar refractivity (Wildman–Crippen MR) is 102 cm³/mol. The average molecular weight is 448 g/mol. The van der Waals surface area contributed by atoms with Crippen molar-refractivity contribution in [2.24, 2.45) is 0 Å². The lowest BCUT2D eigenvalue weighted by Crippen LogP contribution is -2.38. The summed E-state index contributed by atoms with van der Waals surface area (Å²) < 4.78 is 43.6. The Labute approximate surface area is 175 Å². The van der Waals surface area contributed by atoms with Crippen LogP contribution >= 0.6 is 11.6 Å². The molecule has 1 aromatic carbocycles. The number of amides is 1. The van der Waals surface area contributed by atoms with Crippen molar-refractivity contribution in [3.05, 3.63) is 46.1 Å². The van der Waals surface area contributed by atoms with Gasteiger partial charge in [0.25, 0.3) is 5.91 Å². The number of benzene rings is 1. The number of nitrogens with zero attached hydrogens (tertiary/aromatic N) is 2. The Balaban J connectivity index is 1.57. The summed E-state index contributed by atoms with van der Waals surface area (Å²) in [5.41, 5.74) is -0.149. The molecule has 0 saturated carbocycles. The van der Waals surface area contributed by atoms with Gasteiger partial charge in [-0.3, -0.25) is 4.79 Å². The van der Waals surface area contributed by atoms with E-state index in [1.165, 1.54) is 0 Å². The highest BCUT2D eigenvalue weighted by molar-refractivity contribution is 6.31. The molecule has 30 heavy (non-hydrogen) atoms. The number of hydrogen-bond donors (Lipinski definition) is 3. The van der Waals surface area contributed by atoms with Gasteiger partial charge in [0.05, 0.1) is 29.0 Å². The third kappa shape index (κ3) is 5.24. The zero-order valence-electron chi connectivity index (χ0n) is 15.8. The molecular formula is C19H21ClF3N3O4. The minimum absolute atomic E-state index is 0.0623. The Kier molecular flexibility index (Phi) is 6.89. The number of aromatic nitrogens is 1. The molecule has 1 fully saturated rings. The minimum atomic E-state index is -4.57. The van der Waals surface area contributed by atoms with Gasteiger partial charge in [0, 0.05) is 37.2 Å². The first-order valence-electron chi connectivity index (χ1n) is 9.34. The summed E-state index contributed by atoms with van der Waals surface area (Å²) in [4.78, 5) is 14.2. The van der Waals surface area contributed by atoms with E-state index < -0.39 is 22.9 Å². The Morgan fingerprint density at radius 3 is 2.63 bits per heavy atom. The van der Waals surface area contributed by atoms with Crippen LogP contribution in [0.15, 0.2) is 28.8 Å². The Hall–Kier alpha value is -2.30. The maximum absolute atomic E-state index is 12.8. The molecule has 1 saturated heterocycles. The Morgan fingerprint density at radius 2 is 2.03 bits per heavy atom. The second-order valence-electron chi connectivity index (χ2n) is 7.09. The fraction of sp³-hybridized carbons (Fsp3) is 0.474. The molecule has 0 radical (unpaired) electrons. The fourth-order valence-electron chi connectivity index (χ4n) is 3.29. The zero-order valence-corrected chi connectivity index (χ0v) is 16.6. The van der Waals surface area contributed by atoms with Crippen LogP contribution in [-0.4, -0.2) is 58.5 Å². The van der Waals surface area contributed by atoms with Crippen LogP contribution in [0.25, 0.3) is 0 Å². The molecule has 1 unspecified atom stereocenters. The molecule has 1 aliphatic heterocycles. The molecule has 1 aliphatic rings. The normalized spacial score (nSPS) is 16.5. The van der Waals surface area contributed by atoms with E-state index in [2.05, 4.69) is 10.5 Å². The van der Waals surface area contributed by atoms with Crippen LogP contribution in [-0.2, 0) is 6.18 Å². The number of hydrogen-bond acceptors (Lipinski definition) is 6. The number of carbonyl (C=O) groups is 1. The highest BCUT2D eigenvalue weighted by atomic mass is 35.5. The number of nitrogens with one attached hydrogen (secondary N) is 1. The largest absolute Gasteiger partial charge is 0.417 e. The molecule has 164 valence electrons. The van der Waals surface area contributed by atoms with E-state index in [1.54, 1.807) is 11.0 Å². The van der Waals surface area contributed by atoms with E-state index in [0.717, 1.165) is 18.2 Å². The van der Waals surface area contributed by atoms with Crippen LogP contribution in [0.3, 0.4) is 0 Å². The van der Waals surface area contributed by atoms with Gasteiger partial charge in [-0.05, 0) is 31.0 Å². The molecule has 11 heteroatoms. The molecule has 3 rings (SSSR count). The van der Waals surface area contributed by atoms with Gasteiger partial charge in [0.2, 0.25) is 5.88 Å². The monoisotopic (exact) mass is 447 g/mol. The standard InChI is InChI=1S/C19H21ClF3N3O4/c20-15-7-12(1-2-14(15)19(21,22)23)18(29)26-5-3-11(4-6-26)16-8-17(30-25-16)24-9-13(28)10-27/h1-2,7-8,11,13,24,27-28H,3-6,9-10H2. The predicted octanol–water partition coefficient (Wildman–Crippen LogP) is 3.13. The van der Waals surface area contributed by atoms with Gasteiger partial charge in [0.1, 0.15) is 0 Å². The van der Waals surface area contributed by atoms with E-state index in [-0.39, 0.29) is 30.5 Å². The summed E-state index contributed by atoms with van der Waals surface area (Å²) in [6.07, 6.45) is -4.25. The zero-order chi connectivity index (χ0) is 21.9. The first kappa shape index (κ1) is 22.4. The van der Waals surface area contributed by atoms with Gasteiger partial charge >= 0.3 is 6.18 Å². The molecule has 7 nitrogen and oxygen atoms in total. The Bertz CT molecular complexity index is 882. The van der Waals surface area contributed by atoms with E-state index in [0.29, 0.717) is 37.5 Å². The minimum Gasteiger partial charge on any atom is -0.394 e. The summed E-state index contributed by atoms with van der Waals surface area (Å²) in [6.45, 7) is 0.584. The molecule has 0 aliphatic carbocycles. The molecule has 0 bridgehead atoms. The summed E-state index contributed by atoms with van der Waals surface area (Å²) in [7, 11) is 0. The van der Waals surface area contributed by atoms with Crippen molar-refractivity contribution in [3.8, 4) is 0 Å². The third-order valence-electron chi connectivity index (χ3n) is 4.97. The summed E-state index contributed by atoms with van der Waals surface area (Å²) in [5.74, 6) is 0.0623. The molecule has 2 heterocycles. The maximum atomic E-state index is 12.8. The van der Waals surface area contributed by atoms with Crippen LogP contribution in [0.5, 0.6) is 0 Å². The fourth-order valence-corrected chi connectivity index (χ4v) is 3.57. The van der Waals surface area contributed by atoms with Crippen LogP contribution in [0.2, 0.25) is 5.02 Å². The van der Waals surface area contributed by atoms with Gasteiger partial charge in [-0.1, -0.05) is 16.8 Å². The molecule has 1 atom stereocenters. The second kappa shape index (κ2) is 9.23. The smallest absolute Gasteiger partial charge is 0.394 e. The number of halogens is 4. The number of rotatable bonds is 6. The van der Waals surface area contributed by atoms with Crippen molar-refractivity contribution in [3.63, 3.8) is 0 Å². The molecular weight excluding hydrogens is 427 g/mol. The van der Waals surface area contributed by atoms with Crippen molar-refractivity contribution in [2.75, 3.05) is 31.6 Å². The van der Waals surface area contributed by atoms with Crippen molar-refractivity contribution in [1.29, 1.82) is 0 Å². The highest BCUT2D eigenvalue weighted by Gasteiger charge is 2.34. The van der Waals surface area contributed by atoms with Gasteiger partial charge in [-0.2, -0.15) is 13.2 Å². The summed E-state index contributed by atoms with van der Waals surface area (Å²) in [5, 5.41) is 24.5. The number of aliphatic hydroxyl groups excluding tert-OH is 2. The number of piperidine rings is 1. The number of anilines is 1. The van der Waals surface area contributed by atoms with Gasteiger partial charge in [-0.15, -0.1) is 0 Å². The number of likely N-dealkylation sites (tertiary alicyclic amines) is 1. The molecule has 0 spiro atoms. The maximum Gasteiger partial charge on any atom is 0.417 e. The van der Waals surface area contributed by atoms with E-state index in [1.807, 2.05) is 0 Å². The third-order valence-corrected chi connectivity index (χ3v) is 5.29. The van der Waals surface area contributed by atoms with Crippen LogP contribution in [0.1, 0.15) is 40.4 Å². The van der Waals surface area contributed by atoms with Crippen molar-refractivity contribution >= 4 is 23.4 Å². The van der Waals surface area contributed by atoms with Crippen molar-refractivity contribution in [1.82, 2.24) is 10.1 Å².